The molecule has 1 aromatic rings. The molecule has 1 saturated heterocycles. The van der Waals surface area contributed by atoms with Gasteiger partial charge in [-0.3, -0.25) is 9.69 Å². The summed E-state index contributed by atoms with van der Waals surface area (Å²) in [4.78, 5) is 21.2. The molecule has 0 saturated carbocycles. The van der Waals surface area contributed by atoms with Crippen LogP contribution in [0.1, 0.15) is 32.0 Å². The number of piperidine rings is 1. The van der Waals surface area contributed by atoms with E-state index in [0.717, 1.165) is 51.3 Å². The molecule has 6 nitrogen and oxygen atoms in total. The van der Waals surface area contributed by atoms with Crippen molar-refractivity contribution in [3.8, 4) is 0 Å². The Balaban J connectivity index is 1.61. The van der Waals surface area contributed by atoms with Crippen LogP contribution in [-0.2, 0) is 11.3 Å². The summed E-state index contributed by atoms with van der Waals surface area (Å²) in [6, 6.07) is 0.523. The first-order chi connectivity index (χ1) is 9.78. The molecule has 0 spiro atoms. The van der Waals surface area contributed by atoms with Gasteiger partial charge in [-0.15, -0.1) is 0 Å². The minimum Gasteiger partial charge on any atom is -0.355 e. The number of hydrogen-bond acceptors (Lipinski definition) is 4. The Morgan fingerprint density at radius 1 is 1.50 bits per heavy atom. The summed E-state index contributed by atoms with van der Waals surface area (Å²) < 4.78 is 0. The molecule has 0 bridgehead atoms. The number of likely N-dealkylation sites (tertiary alicyclic amines) is 1. The van der Waals surface area contributed by atoms with Crippen LogP contribution in [0.3, 0.4) is 0 Å². The molecule has 0 radical (unpaired) electrons. The molecule has 6 heteroatoms. The van der Waals surface area contributed by atoms with Crippen molar-refractivity contribution >= 4 is 5.91 Å². The van der Waals surface area contributed by atoms with Crippen molar-refractivity contribution in [2.24, 2.45) is 0 Å². The smallest absolute Gasteiger partial charge is 0.234 e. The third-order valence-corrected chi connectivity index (χ3v) is 3.64. The highest BCUT2D eigenvalue weighted by molar-refractivity contribution is 5.77. The summed E-state index contributed by atoms with van der Waals surface area (Å²) in [5.41, 5.74) is 0. The number of aromatic nitrogens is 2. The summed E-state index contributed by atoms with van der Waals surface area (Å²) in [6.07, 6.45) is 6.77. The highest BCUT2D eigenvalue weighted by Crippen LogP contribution is 2.10. The Labute approximate surface area is 120 Å². The summed E-state index contributed by atoms with van der Waals surface area (Å²) in [7, 11) is 0. The lowest BCUT2D eigenvalue weighted by Gasteiger charge is -2.31. The van der Waals surface area contributed by atoms with Crippen LogP contribution in [0.5, 0.6) is 0 Å². The zero-order valence-corrected chi connectivity index (χ0v) is 12.2. The normalized spacial score (nSPS) is 17.2. The van der Waals surface area contributed by atoms with E-state index in [0.29, 0.717) is 12.6 Å². The molecule has 1 aromatic heterocycles. The third kappa shape index (κ3) is 4.94. The molecular weight excluding hydrogens is 254 g/mol. The van der Waals surface area contributed by atoms with Crippen LogP contribution < -0.4 is 10.6 Å². The van der Waals surface area contributed by atoms with Gasteiger partial charge in [-0.1, -0.05) is 6.92 Å². The lowest BCUT2D eigenvalue weighted by molar-refractivity contribution is -0.122. The summed E-state index contributed by atoms with van der Waals surface area (Å²) in [5.74, 6) is 1.13. The number of carbonyl (C=O) groups excluding carboxylic acids is 1. The molecule has 1 aliphatic rings. The first-order valence-corrected chi connectivity index (χ1v) is 7.48. The van der Waals surface area contributed by atoms with E-state index in [-0.39, 0.29) is 5.91 Å². The average Bonchev–Trinajstić information content (AvgIpc) is 2.98. The average molecular weight is 279 g/mol. The minimum absolute atomic E-state index is 0.147. The number of aromatic amines is 1. The van der Waals surface area contributed by atoms with Crippen LogP contribution in [0.15, 0.2) is 12.4 Å². The predicted octanol–water partition coefficient (Wildman–Crippen LogP) is 0.490. The van der Waals surface area contributed by atoms with Crippen molar-refractivity contribution in [2.75, 3.05) is 26.2 Å². The highest BCUT2D eigenvalue weighted by Gasteiger charge is 2.20. The second kappa shape index (κ2) is 8.01. The molecule has 1 fully saturated rings. The number of amides is 1. The topological polar surface area (TPSA) is 73.1 Å². The molecule has 0 unspecified atom stereocenters. The van der Waals surface area contributed by atoms with Crippen molar-refractivity contribution in [1.82, 2.24) is 25.5 Å². The van der Waals surface area contributed by atoms with Gasteiger partial charge in [-0.05, 0) is 19.3 Å². The first kappa shape index (κ1) is 15.0. The van der Waals surface area contributed by atoms with Crippen LogP contribution in [-0.4, -0.2) is 53.0 Å². The van der Waals surface area contributed by atoms with E-state index in [9.17, 15) is 4.79 Å². The number of rotatable bonds is 7. The van der Waals surface area contributed by atoms with Gasteiger partial charge < -0.3 is 15.6 Å². The molecule has 0 aliphatic carbocycles. The summed E-state index contributed by atoms with van der Waals surface area (Å²) in [5, 5.41) is 6.44. The summed E-state index contributed by atoms with van der Waals surface area (Å²) in [6.45, 7) is 6.13. The molecule has 20 heavy (non-hydrogen) atoms. The molecule has 2 rings (SSSR count). The van der Waals surface area contributed by atoms with E-state index in [4.69, 9.17) is 0 Å². The van der Waals surface area contributed by atoms with Crippen molar-refractivity contribution in [1.29, 1.82) is 0 Å². The second-order valence-electron chi connectivity index (χ2n) is 5.32. The monoisotopic (exact) mass is 279 g/mol. The van der Waals surface area contributed by atoms with Crippen LogP contribution in [0.2, 0.25) is 0 Å². The maximum absolute atomic E-state index is 11.7. The largest absolute Gasteiger partial charge is 0.355 e. The lowest BCUT2D eigenvalue weighted by atomic mass is 10.1. The quantitative estimate of drug-likeness (QED) is 0.679. The first-order valence-electron chi connectivity index (χ1n) is 7.48. The van der Waals surface area contributed by atoms with Crippen molar-refractivity contribution in [3.05, 3.63) is 18.2 Å². The molecule has 3 N–H and O–H groups in total. The van der Waals surface area contributed by atoms with Gasteiger partial charge in [0, 0.05) is 38.1 Å². The zero-order chi connectivity index (χ0) is 14.2. The molecule has 1 aliphatic heterocycles. The maximum atomic E-state index is 11.7. The number of H-pyrrole nitrogens is 1. The van der Waals surface area contributed by atoms with Crippen LogP contribution >= 0.6 is 0 Å². The zero-order valence-electron chi connectivity index (χ0n) is 12.2. The standard InChI is InChI=1S/C14H25N5O/c1-2-5-17-14(20)11-19-8-3-12(4-9-19)18-10-13-15-6-7-16-13/h6-7,12,18H,2-5,8-11H2,1H3,(H,15,16)(H,17,20). The van der Waals surface area contributed by atoms with Crippen LogP contribution in [0, 0.1) is 0 Å². The molecule has 2 heterocycles. The van der Waals surface area contributed by atoms with E-state index in [2.05, 4.69) is 32.4 Å². The lowest BCUT2D eigenvalue weighted by Crippen LogP contribution is -2.46. The molecule has 0 atom stereocenters. The van der Waals surface area contributed by atoms with E-state index in [1.807, 2.05) is 6.20 Å². The third-order valence-electron chi connectivity index (χ3n) is 3.64. The number of nitrogens with one attached hydrogen (secondary N) is 3. The predicted molar refractivity (Wildman–Crippen MR) is 78.2 cm³/mol. The number of nitrogens with zero attached hydrogens (tertiary/aromatic N) is 2. The Morgan fingerprint density at radius 3 is 2.95 bits per heavy atom. The van der Waals surface area contributed by atoms with E-state index in [1.165, 1.54) is 0 Å². The maximum Gasteiger partial charge on any atom is 0.234 e. The van der Waals surface area contributed by atoms with Crippen molar-refractivity contribution in [3.63, 3.8) is 0 Å². The molecule has 1 amide bonds. The van der Waals surface area contributed by atoms with E-state index < -0.39 is 0 Å². The SMILES string of the molecule is CCCNC(=O)CN1CCC(NCc2ncc[nH]2)CC1. The fourth-order valence-electron chi connectivity index (χ4n) is 2.45. The van der Waals surface area contributed by atoms with Crippen molar-refractivity contribution < 1.29 is 4.79 Å². The van der Waals surface area contributed by atoms with Gasteiger partial charge in [0.2, 0.25) is 5.91 Å². The Kier molecular flexibility index (Phi) is 6.01. The van der Waals surface area contributed by atoms with Gasteiger partial charge in [0.1, 0.15) is 5.82 Å². The Bertz CT molecular complexity index is 384. The van der Waals surface area contributed by atoms with E-state index >= 15 is 0 Å². The fourth-order valence-corrected chi connectivity index (χ4v) is 2.45. The van der Waals surface area contributed by atoms with Crippen molar-refractivity contribution in [2.45, 2.75) is 38.8 Å². The van der Waals surface area contributed by atoms with Gasteiger partial charge in [0.15, 0.2) is 0 Å². The Morgan fingerprint density at radius 2 is 2.30 bits per heavy atom. The number of carbonyl (C=O) groups is 1. The number of imidazole rings is 1. The fraction of sp³-hybridized carbons (Fsp3) is 0.714. The number of hydrogen-bond donors (Lipinski definition) is 3. The minimum atomic E-state index is 0.147. The summed E-state index contributed by atoms with van der Waals surface area (Å²) >= 11 is 0. The molecule has 112 valence electrons. The van der Waals surface area contributed by atoms with Gasteiger partial charge in [0.25, 0.3) is 0 Å². The molecule has 0 aromatic carbocycles. The van der Waals surface area contributed by atoms with Gasteiger partial charge >= 0.3 is 0 Å². The van der Waals surface area contributed by atoms with Gasteiger partial charge in [-0.25, -0.2) is 4.98 Å². The van der Waals surface area contributed by atoms with Crippen LogP contribution in [0.25, 0.3) is 0 Å². The van der Waals surface area contributed by atoms with Gasteiger partial charge in [0.05, 0.1) is 13.1 Å². The highest BCUT2D eigenvalue weighted by atomic mass is 16.2. The van der Waals surface area contributed by atoms with Gasteiger partial charge in [-0.2, -0.15) is 0 Å². The molecular formula is C14H25N5O. The second-order valence-corrected chi connectivity index (χ2v) is 5.32. The van der Waals surface area contributed by atoms with E-state index in [1.54, 1.807) is 6.20 Å². The van der Waals surface area contributed by atoms with Crippen LogP contribution in [0.4, 0.5) is 0 Å². The Hall–Kier alpha value is -1.40.